The minimum atomic E-state index is 0.223. The molecule has 0 aliphatic rings. The molecule has 0 aromatic carbocycles. The van der Waals surface area contributed by atoms with Gasteiger partial charge in [0.1, 0.15) is 5.82 Å². The summed E-state index contributed by atoms with van der Waals surface area (Å²) >= 11 is 3.46. The maximum atomic E-state index is 5.35. The van der Waals surface area contributed by atoms with Crippen molar-refractivity contribution in [2.45, 2.75) is 39.3 Å². The van der Waals surface area contributed by atoms with Crippen molar-refractivity contribution in [1.29, 1.82) is 0 Å². The van der Waals surface area contributed by atoms with Gasteiger partial charge in [-0.15, -0.1) is 0 Å². The van der Waals surface area contributed by atoms with Crippen LogP contribution in [0.25, 0.3) is 0 Å². The third-order valence-corrected chi connectivity index (χ3v) is 3.84. The van der Waals surface area contributed by atoms with Crippen LogP contribution in [0.5, 0.6) is 0 Å². The number of rotatable bonds is 7. The van der Waals surface area contributed by atoms with Gasteiger partial charge in [0.15, 0.2) is 4.67 Å². The molecule has 0 spiro atoms. The van der Waals surface area contributed by atoms with Crippen LogP contribution in [0.15, 0.2) is 33.8 Å². The summed E-state index contributed by atoms with van der Waals surface area (Å²) in [6, 6.07) is 2.23. The molecule has 1 unspecified atom stereocenters. The largest absolute Gasteiger partial charge is 0.457 e. The van der Waals surface area contributed by atoms with Crippen molar-refractivity contribution >= 4 is 15.9 Å². The summed E-state index contributed by atoms with van der Waals surface area (Å²) in [5.74, 6) is 1.10. The molecule has 0 saturated carbocycles. The van der Waals surface area contributed by atoms with E-state index in [4.69, 9.17) is 4.42 Å². The average Bonchev–Trinajstić information content (AvgIpc) is 3.03. The number of hydrogen-bond donors (Lipinski definition) is 1. The van der Waals surface area contributed by atoms with Crippen LogP contribution in [-0.2, 0) is 13.0 Å². The van der Waals surface area contributed by atoms with Crippen LogP contribution in [0.4, 0.5) is 0 Å². The second-order valence-corrected chi connectivity index (χ2v) is 5.21. The summed E-state index contributed by atoms with van der Waals surface area (Å²) < 4.78 is 8.33. The predicted molar refractivity (Wildman–Crippen MR) is 79.0 cm³/mol. The molecular weight excluding hydrogens is 306 g/mol. The number of aryl methyl sites for hydroxylation is 1. The van der Waals surface area contributed by atoms with E-state index < -0.39 is 0 Å². The quantitative estimate of drug-likeness (QED) is 0.846. The van der Waals surface area contributed by atoms with Crippen molar-refractivity contribution < 1.29 is 4.42 Å². The molecule has 2 aromatic rings. The minimum absolute atomic E-state index is 0.223. The first kappa shape index (κ1) is 14.3. The van der Waals surface area contributed by atoms with Gasteiger partial charge in [-0.3, -0.25) is 0 Å². The van der Waals surface area contributed by atoms with Crippen LogP contribution < -0.4 is 5.32 Å². The lowest BCUT2D eigenvalue weighted by atomic mass is 10.1. The second kappa shape index (κ2) is 6.91. The van der Waals surface area contributed by atoms with Gasteiger partial charge in [0.25, 0.3) is 0 Å². The fraction of sp³-hybridized carbons (Fsp3) is 0.500. The molecule has 1 atom stereocenters. The Labute approximate surface area is 122 Å². The molecule has 4 nitrogen and oxygen atoms in total. The highest BCUT2D eigenvalue weighted by molar-refractivity contribution is 9.10. The molecule has 2 aromatic heterocycles. The molecule has 19 heavy (non-hydrogen) atoms. The van der Waals surface area contributed by atoms with Crippen LogP contribution in [0, 0.1) is 0 Å². The first-order chi connectivity index (χ1) is 9.26. The maximum absolute atomic E-state index is 5.35. The highest BCUT2D eigenvalue weighted by atomic mass is 79.9. The van der Waals surface area contributed by atoms with Crippen LogP contribution in [-0.4, -0.2) is 16.1 Å². The van der Waals surface area contributed by atoms with E-state index in [2.05, 4.69) is 44.6 Å². The molecule has 0 aliphatic heterocycles. The summed E-state index contributed by atoms with van der Waals surface area (Å²) in [5, 5.41) is 3.56. The Morgan fingerprint density at radius 1 is 1.47 bits per heavy atom. The average molecular weight is 326 g/mol. The minimum Gasteiger partial charge on any atom is -0.457 e. The molecule has 1 N–H and O–H groups in total. The van der Waals surface area contributed by atoms with Crippen LogP contribution in [0.3, 0.4) is 0 Å². The van der Waals surface area contributed by atoms with Gasteiger partial charge >= 0.3 is 0 Å². The maximum Gasteiger partial charge on any atom is 0.173 e. The van der Waals surface area contributed by atoms with Crippen molar-refractivity contribution in [3.8, 4) is 0 Å². The van der Waals surface area contributed by atoms with E-state index in [0.717, 1.165) is 42.0 Å². The van der Waals surface area contributed by atoms with Gasteiger partial charge in [0.05, 0.1) is 6.26 Å². The summed E-state index contributed by atoms with van der Waals surface area (Å²) in [5.41, 5.74) is 1.15. The molecule has 0 saturated heterocycles. The topological polar surface area (TPSA) is 43.0 Å². The zero-order chi connectivity index (χ0) is 13.7. The molecular formula is C14H20BrN3O. The van der Waals surface area contributed by atoms with Gasteiger partial charge in [-0.1, -0.05) is 6.92 Å². The van der Waals surface area contributed by atoms with Gasteiger partial charge < -0.3 is 14.3 Å². The molecule has 0 aliphatic carbocycles. The summed E-state index contributed by atoms with van der Waals surface area (Å²) in [7, 11) is 0. The Morgan fingerprint density at radius 3 is 2.95 bits per heavy atom. The SMILES string of the molecule is CCCNC(Cc1nccn1CC)c1ccoc1Br. The number of nitrogens with zero attached hydrogens (tertiary/aromatic N) is 2. The Kier molecular flexibility index (Phi) is 5.22. The third kappa shape index (κ3) is 3.48. The van der Waals surface area contributed by atoms with E-state index in [1.165, 1.54) is 0 Å². The van der Waals surface area contributed by atoms with Crippen molar-refractivity contribution in [1.82, 2.24) is 14.9 Å². The monoisotopic (exact) mass is 325 g/mol. The van der Waals surface area contributed by atoms with Crippen molar-refractivity contribution in [3.63, 3.8) is 0 Å². The Hall–Kier alpha value is -1.07. The number of imidazole rings is 1. The fourth-order valence-electron chi connectivity index (χ4n) is 2.16. The lowest BCUT2D eigenvalue weighted by Gasteiger charge is -2.18. The zero-order valence-electron chi connectivity index (χ0n) is 11.4. The molecule has 104 valence electrons. The molecule has 0 bridgehead atoms. The summed E-state index contributed by atoms with van der Waals surface area (Å²) in [6.07, 6.45) is 7.57. The first-order valence-electron chi connectivity index (χ1n) is 6.72. The number of furan rings is 1. The van der Waals surface area contributed by atoms with Crippen LogP contribution in [0.2, 0.25) is 0 Å². The molecule has 0 radical (unpaired) electrons. The molecule has 2 rings (SSSR count). The predicted octanol–water partition coefficient (Wildman–Crippen LogP) is 3.54. The first-order valence-corrected chi connectivity index (χ1v) is 7.51. The smallest absolute Gasteiger partial charge is 0.173 e. The van der Waals surface area contributed by atoms with E-state index in [9.17, 15) is 0 Å². The van der Waals surface area contributed by atoms with Crippen LogP contribution >= 0.6 is 15.9 Å². The van der Waals surface area contributed by atoms with Crippen molar-refractivity contribution in [2.24, 2.45) is 0 Å². The van der Waals surface area contributed by atoms with Crippen molar-refractivity contribution in [3.05, 3.63) is 40.8 Å². The van der Waals surface area contributed by atoms with Crippen LogP contribution in [0.1, 0.15) is 37.7 Å². The van der Waals surface area contributed by atoms with Crippen molar-refractivity contribution in [2.75, 3.05) is 6.54 Å². The lowest BCUT2D eigenvalue weighted by Crippen LogP contribution is -2.25. The molecule has 5 heteroatoms. The summed E-state index contributed by atoms with van der Waals surface area (Å²) in [4.78, 5) is 4.45. The molecule has 0 fully saturated rings. The highest BCUT2D eigenvalue weighted by Gasteiger charge is 2.18. The zero-order valence-corrected chi connectivity index (χ0v) is 13.0. The van der Waals surface area contributed by atoms with Gasteiger partial charge in [-0.05, 0) is 41.9 Å². The summed E-state index contributed by atoms with van der Waals surface area (Å²) in [6.45, 7) is 6.23. The van der Waals surface area contributed by atoms with E-state index in [1.807, 2.05) is 18.5 Å². The van der Waals surface area contributed by atoms with Gasteiger partial charge in [-0.2, -0.15) is 0 Å². The fourth-order valence-corrected chi connectivity index (χ4v) is 2.68. The molecule has 2 heterocycles. The van der Waals surface area contributed by atoms with E-state index in [-0.39, 0.29) is 6.04 Å². The number of hydrogen-bond acceptors (Lipinski definition) is 3. The van der Waals surface area contributed by atoms with E-state index >= 15 is 0 Å². The van der Waals surface area contributed by atoms with E-state index in [1.54, 1.807) is 6.26 Å². The molecule has 0 amide bonds. The normalized spacial score (nSPS) is 12.8. The Bertz CT molecular complexity index is 506. The Balaban J connectivity index is 2.17. The lowest BCUT2D eigenvalue weighted by molar-refractivity contribution is 0.485. The number of nitrogens with one attached hydrogen (secondary N) is 1. The highest BCUT2D eigenvalue weighted by Crippen LogP contribution is 2.27. The van der Waals surface area contributed by atoms with Gasteiger partial charge in [0, 0.05) is 37.0 Å². The van der Waals surface area contributed by atoms with E-state index in [0.29, 0.717) is 0 Å². The number of aromatic nitrogens is 2. The number of halogens is 1. The Morgan fingerprint density at radius 2 is 2.32 bits per heavy atom. The van der Waals surface area contributed by atoms with Gasteiger partial charge in [-0.25, -0.2) is 4.98 Å². The second-order valence-electron chi connectivity index (χ2n) is 4.49. The third-order valence-electron chi connectivity index (χ3n) is 3.19. The van der Waals surface area contributed by atoms with Gasteiger partial charge in [0.2, 0.25) is 0 Å². The standard InChI is InChI=1S/C14H20BrN3O/c1-3-6-16-12(11-5-9-19-14(11)15)10-13-17-7-8-18(13)4-2/h5,7-9,12,16H,3-4,6,10H2,1-2H3.